The monoisotopic (exact) mass is 436 g/mol. The summed E-state index contributed by atoms with van der Waals surface area (Å²) in [6.07, 6.45) is -1.91. The Hall–Kier alpha value is -3.38. The first-order valence-electron chi connectivity index (χ1n) is 10.4. The van der Waals surface area contributed by atoms with E-state index >= 15 is 0 Å². The van der Waals surface area contributed by atoms with Crippen LogP contribution in [-0.4, -0.2) is 30.1 Å². The summed E-state index contributed by atoms with van der Waals surface area (Å²) in [5.74, 6) is -1.86. The van der Waals surface area contributed by atoms with Crippen LogP contribution in [0.2, 0.25) is 0 Å². The predicted octanol–water partition coefficient (Wildman–Crippen LogP) is 5.86. The number of hydrogen-bond donors (Lipinski definition) is 1. The second kappa shape index (κ2) is 9.01. The number of nitrogens with one attached hydrogen (secondary N) is 1. The number of carbonyl (C=O) groups is 1. The van der Waals surface area contributed by atoms with Crippen molar-refractivity contribution in [2.45, 2.75) is 19.1 Å². The summed E-state index contributed by atoms with van der Waals surface area (Å²) in [6, 6.07) is 23.6. The number of alkyl halides is 3. The van der Waals surface area contributed by atoms with Gasteiger partial charge in [-0.2, -0.15) is 13.2 Å². The Bertz CT molecular complexity index is 1180. The van der Waals surface area contributed by atoms with Gasteiger partial charge in [0.25, 0.3) is 0 Å². The van der Waals surface area contributed by atoms with E-state index in [1.165, 1.54) is 6.20 Å². The summed E-state index contributed by atoms with van der Waals surface area (Å²) < 4.78 is 39.0. The van der Waals surface area contributed by atoms with Gasteiger partial charge in [-0.1, -0.05) is 78.9 Å². The van der Waals surface area contributed by atoms with Gasteiger partial charge < -0.3 is 10.2 Å². The molecular weight excluding hydrogens is 413 g/mol. The van der Waals surface area contributed by atoms with Gasteiger partial charge in [0, 0.05) is 25.3 Å². The molecule has 3 nitrogen and oxygen atoms in total. The maximum Gasteiger partial charge on any atom is 0.471 e. The number of halogens is 3. The molecule has 0 unspecified atom stereocenters. The van der Waals surface area contributed by atoms with E-state index in [4.69, 9.17) is 0 Å². The number of rotatable bonds is 5. The van der Waals surface area contributed by atoms with Crippen molar-refractivity contribution in [3.8, 4) is 0 Å². The van der Waals surface area contributed by atoms with Crippen LogP contribution in [0.3, 0.4) is 0 Å². The van der Waals surface area contributed by atoms with Gasteiger partial charge in [0.1, 0.15) is 0 Å². The topological polar surface area (TPSA) is 32.3 Å². The lowest BCUT2D eigenvalue weighted by molar-refractivity contribution is -0.182. The quantitative estimate of drug-likeness (QED) is 0.543. The molecule has 1 heterocycles. The van der Waals surface area contributed by atoms with Crippen molar-refractivity contribution in [1.82, 2.24) is 10.2 Å². The summed E-state index contributed by atoms with van der Waals surface area (Å²) in [4.78, 5) is 12.5. The Morgan fingerprint density at radius 3 is 2.44 bits per heavy atom. The lowest BCUT2D eigenvalue weighted by Crippen LogP contribution is -2.39. The summed E-state index contributed by atoms with van der Waals surface area (Å²) in [5, 5.41) is 5.68. The Morgan fingerprint density at radius 2 is 1.69 bits per heavy atom. The van der Waals surface area contributed by atoms with E-state index in [0.29, 0.717) is 12.1 Å². The predicted molar refractivity (Wildman–Crippen MR) is 121 cm³/mol. The fraction of sp³-hybridized carbons (Fsp3) is 0.192. The van der Waals surface area contributed by atoms with Crippen LogP contribution in [0.15, 0.2) is 90.6 Å². The van der Waals surface area contributed by atoms with Crippen molar-refractivity contribution in [3.63, 3.8) is 0 Å². The van der Waals surface area contributed by atoms with Gasteiger partial charge in [-0.05, 0) is 40.0 Å². The molecule has 0 saturated carbocycles. The van der Waals surface area contributed by atoms with Crippen LogP contribution in [-0.2, 0) is 4.79 Å². The lowest BCUT2D eigenvalue weighted by atomic mass is 9.95. The third-order valence-corrected chi connectivity index (χ3v) is 5.63. The Balaban J connectivity index is 1.60. The maximum atomic E-state index is 13.0. The Kier molecular flexibility index (Phi) is 6.15. The third-order valence-electron chi connectivity index (χ3n) is 5.63. The summed E-state index contributed by atoms with van der Waals surface area (Å²) in [7, 11) is 0. The zero-order chi connectivity index (χ0) is 22.7. The maximum absolute atomic E-state index is 13.0. The average Bonchev–Trinajstić information content (AvgIpc) is 2.81. The van der Waals surface area contributed by atoms with E-state index < -0.39 is 12.1 Å². The summed E-state index contributed by atoms with van der Waals surface area (Å²) in [6.45, 7) is 2.22. The van der Waals surface area contributed by atoms with Gasteiger partial charge in [-0.15, -0.1) is 0 Å². The first-order valence-corrected chi connectivity index (χ1v) is 10.4. The van der Waals surface area contributed by atoms with E-state index in [-0.39, 0.29) is 12.6 Å². The molecule has 164 valence electrons. The van der Waals surface area contributed by atoms with Crippen LogP contribution in [0.5, 0.6) is 0 Å². The standard InChI is InChI=1S/C26H23F3N2O/c1-18(22-13-7-11-20-10-5-6-12-24(20)22)30-16-21-17-31(25(32)26(27,28)29)15-14-23(21)19-8-3-2-4-9-19/h2-14,17-18,30H,15-16H2,1H3/t18-/m1/s1. The third kappa shape index (κ3) is 4.60. The van der Waals surface area contributed by atoms with Crippen molar-refractivity contribution >= 4 is 22.3 Å². The molecule has 0 aromatic heterocycles. The van der Waals surface area contributed by atoms with Crippen molar-refractivity contribution in [1.29, 1.82) is 0 Å². The van der Waals surface area contributed by atoms with Gasteiger partial charge in [-0.25, -0.2) is 0 Å². The number of amides is 1. The Morgan fingerprint density at radius 1 is 1.00 bits per heavy atom. The van der Waals surface area contributed by atoms with Gasteiger partial charge >= 0.3 is 12.1 Å². The molecule has 1 amide bonds. The molecule has 0 aliphatic carbocycles. The second-order valence-electron chi connectivity index (χ2n) is 7.76. The molecule has 32 heavy (non-hydrogen) atoms. The van der Waals surface area contributed by atoms with Crippen molar-refractivity contribution in [3.05, 3.63) is 102 Å². The minimum Gasteiger partial charge on any atom is -0.307 e. The molecule has 0 saturated heterocycles. The van der Waals surface area contributed by atoms with Crippen molar-refractivity contribution in [2.75, 3.05) is 13.1 Å². The molecule has 3 aromatic rings. The van der Waals surface area contributed by atoms with Gasteiger partial charge in [0.15, 0.2) is 0 Å². The molecule has 1 aliphatic rings. The number of benzene rings is 3. The fourth-order valence-electron chi connectivity index (χ4n) is 4.00. The smallest absolute Gasteiger partial charge is 0.307 e. The second-order valence-corrected chi connectivity index (χ2v) is 7.76. The molecule has 0 spiro atoms. The van der Waals surface area contributed by atoms with Crippen LogP contribution in [0.25, 0.3) is 16.3 Å². The number of nitrogens with zero attached hydrogens (tertiary/aromatic N) is 1. The zero-order valence-electron chi connectivity index (χ0n) is 17.6. The van der Waals surface area contributed by atoms with Crippen molar-refractivity contribution < 1.29 is 18.0 Å². The van der Waals surface area contributed by atoms with E-state index in [9.17, 15) is 18.0 Å². The highest BCUT2D eigenvalue weighted by Crippen LogP contribution is 2.30. The van der Waals surface area contributed by atoms with E-state index in [0.717, 1.165) is 32.4 Å². The molecule has 1 aliphatic heterocycles. The highest BCUT2D eigenvalue weighted by Gasteiger charge is 2.42. The van der Waals surface area contributed by atoms with Gasteiger partial charge in [-0.3, -0.25) is 4.79 Å². The Labute approximate surface area is 184 Å². The molecule has 1 atom stereocenters. The summed E-state index contributed by atoms with van der Waals surface area (Å²) >= 11 is 0. The van der Waals surface area contributed by atoms with E-state index in [2.05, 4.69) is 11.4 Å². The van der Waals surface area contributed by atoms with Crippen LogP contribution in [0.1, 0.15) is 24.1 Å². The number of fused-ring (bicyclic) bond motifs is 1. The van der Waals surface area contributed by atoms with Crippen molar-refractivity contribution in [2.24, 2.45) is 0 Å². The van der Waals surface area contributed by atoms with Crippen LogP contribution >= 0.6 is 0 Å². The molecule has 3 aromatic carbocycles. The van der Waals surface area contributed by atoms with Crippen LogP contribution in [0.4, 0.5) is 13.2 Å². The van der Waals surface area contributed by atoms with Crippen LogP contribution in [0, 0.1) is 0 Å². The van der Waals surface area contributed by atoms with Gasteiger partial charge in [0.2, 0.25) is 0 Å². The first kappa shape index (κ1) is 21.8. The van der Waals surface area contributed by atoms with Gasteiger partial charge in [0.05, 0.1) is 0 Å². The highest BCUT2D eigenvalue weighted by atomic mass is 19.4. The first-order chi connectivity index (χ1) is 15.3. The fourth-order valence-corrected chi connectivity index (χ4v) is 4.00. The SMILES string of the molecule is C[C@@H](NCC1=CN(C(=O)C(F)(F)F)CC=C1c1ccccc1)c1cccc2ccccc12. The largest absolute Gasteiger partial charge is 0.471 e. The molecule has 4 rings (SSSR count). The van der Waals surface area contributed by atoms with E-state index in [1.807, 2.05) is 73.7 Å². The minimum absolute atomic E-state index is 0.0484. The van der Waals surface area contributed by atoms with E-state index in [1.54, 1.807) is 6.08 Å². The highest BCUT2D eigenvalue weighted by molar-refractivity contribution is 5.88. The lowest BCUT2D eigenvalue weighted by Gasteiger charge is -2.27. The zero-order valence-corrected chi connectivity index (χ0v) is 17.6. The average molecular weight is 436 g/mol. The minimum atomic E-state index is -4.91. The molecule has 0 radical (unpaired) electrons. The van der Waals surface area contributed by atoms with Crippen LogP contribution < -0.4 is 5.32 Å². The molecular formula is C26H23F3N2O. The molecule has 0 bridgehead atoms. The molecule has 1 N–H and O–H groups in total. The number of carbonyl (C=O) groups excluding carboxylic acids is 1. The molecule has 0 fully saturated rings. The normalized spacial score (nSPS) is 15.3. The number of hydrogen-bond acceptors (Lipinski definition) is 2. The summed E-state index contributed by atoms with van der Waals surface area (Å²) in [5.41, 5.74) is 3.46. The molecule has 6 heteroatoms.